The van der Waals surface area contributed by atoms with Crippen molar-refractivity contribution in [2.24, 2.45) is 5.14 Å². The Morgan fingerprint density at radius 2 is 1.67 bits per heavy atom. The molecule has 0 aromatic carbocycles. The lowest BCUT2D eigenvalue weighted by Crippen LogP contribution is -2.17. The highest BCUT2D eigenvalue weighted by Crippen LogP contribution is 2.70. The number of hydrogen-bond donors (Lipinski definition) is 1. The van der Waals surface area contributed by atoms with Gasteiger partial charge in [-0.25, -0.2) is 10.0 Å². The second-order valence-electron chi connectivity index (χ2n) is 3.53. The van der Waals surface area contributed by atoms with Gasteiger partial charge in [0.1, 0.15) is 0 Å². The summed E-state index contributed by atoms with van der Waals surface area (Å²) in [5.74, 6) is 5.80. The number of rotatable bonds is 0. The lowest BCUT2D eigenvalue weighted by Gasteiger charge is -2.27. The summed E-state index contributed by atoms with van der Waals surface area (Å²) in [6.07, 6.45) is 2.49. The quantitative estimate of drug-likeness (QED) is 0.571. The molecule has 0 amide bonds. The second-order valence-corrected chi connectivity index (χ2v) is 11.3. The third kappa shape index (κ3) is 0.900. The number of hydrogen-bond acceptors (Lipinski definition) is 1. The molecule has 0 unspecified atom stereocenters. The summed E-state index contributed by atoms with van der Waals surface area (Å²) < 4.78 is 0. The molecule has 2 fully saturated rings. The molecular formula is C6H15NS2. The molecule has 2 aliphatic heterocycles. The van der Waals surface area contributed by atoms with E-state index in [4.69, 9.17) is 5.14 Å². The summed E-state index contributed by atoms with van der Waals surface area (Å²) >= 11 is 0. The molecule has 0 aromatic rings. The van der Waals surface area contributed by atoms with Crippen molar-refractivity contribution in [1.29, 1.82) is 0 Å². The van der Waals surface area contributed by atoms with E-state index < -0.39 is 10.2 Å². The van der Waals surface area contributed by atoms with Crippen LogP contribution in [0, 0.1) is 0 Å². The molecule has 1 nitrogen and oxygen atoms in total. The molecule has 0 saturated carbocycles. The monoisotopic (exact) mass is 165 g/mol. The maximum absolute atomic E-state index is 6.19. The second kappa shape index (κ2) is 1.63. The van der Waals surface area contributed by atoms with Crippen molar-refractivity contribution < 1.29 is 0 Å². The summed E-state index contributed by atoms with van der Waals surface area (Å²) in [5.41, 5.74) is 0. The van der Waals surface area contributed by atoms with Gasteiger partial charge in [0.05, 0.1) is 0 Å². The highest BCUT2D eigenvalue weighted by Gasteiger charge is 2.42. The first-order valence-corrected chi connectivity index (χ1v) is 8.13. The Bertz CT molecular complexity index is 122. The fourth-order valence-electron chi connectivity index (χ4n) is 1.74. The van der Waals surface area contributed by atoms with Crippen molar-refractivity contribution in [2.75, 3.05) is 34.4 Å². The molecule has 2 heterocycles. The summed E-state index contributed by atoms with van der Waals surface area (Å²) in [6.45, 7) is 0. The van der Waals surface area contributed by atoms with Gasteiger partial charge in [-0.1, -0.05) is 0 Å². The van der Waals surface area contributed by atoms with Crippen LogP contribution in [0.25, 0.3) is 0 Å². The lowest BCUT2D eigenvalue weighted by atomic mass is 10.9. The predicted molar refractivity (Wildman–Crippen MR) is 49.6 cm³/mol. The van der Waals surface area contributed by atoms with E-state index in [1.54, 1.807) is 0 Å². The maximum Gasteiger partial charge on any atom is 0.0189 e. The van der Waals surface area contributed by atoms with Crippen LogP contribution in [0.3, 0.4) is 0 Å². The van der Waals surface area contributed by atoms with Crippen LogP contribution in [-0.2, 0) is 0 Å². The number of fused-ring (bicyclic) bond motifs is 2. The zero-order valence-electron chi connectivity index (χ0n) is 5.93. The van der Waals surface area contributed by atoms with Gasteiger partial charge in [-0.05, 0) is 29.3 Å². The van der Waals surface area contributed by atoms with Crippen molar-refractivity contribution in [1.82, 2.24) is 0 Å². The minimum atomic E-state index is -0.489. The third-order valence-electron chi connectivity index (χ3n) is 2.48. The first kappa shape index (κ1) is 6.38. The Balaban J connectivity index is 2.25. The van der Waals surface area contributed by atoms with Crippen LogP contribution in [0.5, 0.6) is 0 Å². The van der Waals surface area contributed by atoms with Crippen LogP contribution in [-0.4, -0.2) is 34.4 Å². The molecule has 0 spiro atoms. The first-order chi connectivity index (χ1) is 4.12. The van der Waals surface area contributed by atoms with Crippen LogP contribution in [0.2, 0.25) is 0 Å². The summed E-state index contributed by atoms with van der Waals surface area (Å²) in [5, 5.41) is 7.65. The molecule has 2 bridgehead atoms. The van der Waals surface area contributed by atoms with Crippen molar-refractivity contribution in [3.05, 3.63) is 0 Å². The maximum atomic E-state index is 6.19. The molecule has 9 heavy (non-hydrogen) atoms. The fourth-order valence-corrected chi connectivity index (χ4v) is 14.4. The van der Waals surface area contributed by atoms with Gasteiger partial charge in [-0.15, -0.1) is 0 Å². The van der Waals surface area contributed by atoms with E-state index in [0.717, 1.165) is 0 Å². The average molecular weight is 165 g/mol. The van der Waals surface area contributed by atoms with Crippen LogP contribution < -0.4 is 5.14 Å². The van der Waals surface area contributed by atoms with Gasteiger partial charge in [-0.2, -0.15) is 10.2 Å². The average Bonchev–Trinajstić information content (AvgIpc) is 2.19. The SMILES string of the molecule is CS12CCS(N)(CC1)C2. The van der Waals surface area contributed by atoms with Gasteiger partial charge < -0.3 is 0 Å². The summed E-state index contributed by atoms with van der Waals surface area (Å²) in [7, 11) is -0.603. The lowest BCUT2D eigenvalue weighted by molar-refractivity contribution is 1.37. The van der Waals surface area contributed by atoms with Crippen molar-refractivity contribution in [3.8, 4) is 0 Å². The van der Waals surface area contributed by atoms with E-state index in [1.165, 1.54) is 28.1 Å². The topological polar surface area (TPSA) is 26.0 Å². The van der Waals surface area contributed by atoms with Crippen LogP contribution in [0.4, 0.5) is 0 Å². The molecule has 0 radical (unpaired) electrons. The van der Waals surface area contributed by atoms with Crippen molar-refractivity contribution in [3.63, 3.8) is 0 Å². The van der Waals surface area contributed by atoms with Gasteiger partial charge in [-0.3, -0.25) is 5.14 Å². The van der Waals surface area contributed by atoms with Crippen LogP contribution in [0.15, 0.2) is 0 Å². The Morgan fingerprint density at radius 3 is 1.78 bits per heavy atom. The Kier molecular flexibility index (Phi) is 1.15. The summed E-state index contributed by atoms with van der Waals surface area (Å²) in [4.78, 5) is 0. The van der Waals surface area contributed by atoms with Crippen molar-refractivity contribution >= 4 is 20.2 Å². The minimum absolute atomic E-state index is 0.114. The minimum Gasteiger partial charge on any atom is -0.294 e. The molecule has 56 valence electrons. The van der Waals surface area contributed by atoms with Crippen LogP contribution in [0.1, 0.15) is 0 Å². The molecule has 2 N–H and O–H groups in total. The normalized spacial score (nSPS) is 70.9. The van der Waals surface area contributed by atoms with Gasteiger partial charge in [0.25, 0.3) is 0 Å². The predicted octanol–water partition coefficient (Wildman–Crippen LogP) is 1.08. The van der Waals surface area contributed by atoms with E-state index in [-0.39, 0.29) is 10.0 Å². The zero-order valence-corrected chi connectivity index (χ0v) is 7.56. The summed E-state index contributed by atoms with van der Waals surface area (Å²) in [6, 6.07) is 0. The number of nitrogens with two attached hydrogens (primary N) is 1. The molecule has 0 aromatic heterocycles. The zero-order chi connectivity index (χ0) is 6.54. The largest absolute Gasteiger partial charge is 0.294 e. The molecule has 2 rings (SSSR count). The molecular weight excluding hydrogens is 150 g/mol. The van der Waals surface area contributed by atoms with Gasteiger partial charge in [0, 0.05) is 5.08 Å². The van der Waals surface area contributed by atoms with E-state index in [9.17, 15) is 0 Å². The fraction of sp³-hybridized carbons (Fsp3) is 1.00. The smallest absolute Gasteiger partial charge is 0.0189 e. The molecule has 3 heteroatoms. The third-order valence-corrected chi connectivity index (χ3v) is 11.6. The van der Waals surface area contributed by atoms with E-state index in [0.29, 0.717) is 0 Å². The Hall–Kier alpha value is 0.660. The van der Waals surface area contributed by atoms with Gasteiger partial charge >= 0.3 is 0 Å². The first-order valence-electron chi connectivity index (χ1n) is 3.38. The van der Waals surface area contributed by atoms with E-state index >= 15 is 0 Å². The highest BCUT2D eigenvalue weighted by atomic mass is 32.3. The Morgan fingerprint density at radius 1 is 1.11 bits per heavy atom. The molecule has 2 aliphatic rings. The van der Waals surface area contributed by atoms with E-state index in [2.05, 4.69) is 6.26 Å². The highest BCUT2D eigenvalue weighted by molar-refractivity contribution is 8.53. The molecule has 2 saturated heterocycles. The van der Waals surface area contributed by atoms with Gasteiger partial charge in [0.2, 0.25) is 0 Å². The standard InChI is InChI=1S/C6H15NS2/c1-8-2-4-9(7,6-8)5-3-8/h2-7H2,1H3. The Labute approximate surface area is 60.1 Å². The van der Waals surface area contributed by atoms with Crippen LogP contribution >= 0.6 is 20.2 Å². The molecule has 0 atom stereocenters. The molecule has 0 aliphatic carbocycles. The van der Waals surface area contributed by atoms with Crippen molar-refractivity contribution in [2.45, 2.75) is 0 Å². The van der Waals surface area contributed by atoms with E-state index in [1.807, 2.05) is 0 Å². The van der Waals surface area contributed by atoms with Gasteiger partial charge in [0.15, 0.2) is 0 Å².